The molecular weight excluding hydrogens is 214 g/mol. The van der Waals surface area contributed by atoms with E-state index in [-0.39, 0.29) is 6.04 Å². The van der Waals surface area contributed by atoms with E-state index in [0.29, 0.717) is 0 Å². The number of nitrogens with one attached hydrogen (secondary N) is 1. The lowest BCUT2D eigenvalue weighted by atomic mass is 10.1. The van der Waals surface area contributed by atoms with Gasteiger partial charge in [-0.3, -0.25) is 0 Å². The van der Waals surface area contributed by atoms with Crippen molar-refractivity contribution < 1.29 is 0 Å². The third-order valence-corrected chi connectivity index (χ3v) is 2.66. The van der Waals surface area contributed by atoms with Gasteiger partial charge in [0.05, 0.1) is 24.3 Å². The van der Waals surface area contributed by atoms with E-state index in [1.165, 1.54) is 0 Å². The Kier molecular flexibility index (Phi) is 3.82. The Labute approximate surface area is 101 Å². The molecule has 2 heterocycles. The van der Waals surface area contributed by atoms with Gasteiger partial charge in [-0.25, -0.2) is 15.0 Å². The largest absolute Gasteiger partial charge is 0.336 e. The maximum absolute atomic E-state index is 4.16. The Morgan fingerprint density at radius 2 is 2.00 bits per heavy atom. The van der Waals surface area contributed by atoms with Crippen LogP contribution in [0.25, 0.3) is 0 Å². The van der Waals surface area contributed by atoms with Crippen molar-refractivity contribution >= 4 is 0 Å². The maximum Gasteiger partial charge on any atom is 0.115 e. The number of aromatic nitrogens is 4. The van der Waals surface area contributed by atoms with Crippen LogP contribution < -0.4 is 5.32 Å². The molecule has 0 aliphatic rings. The van der Waals surface area contributed by atoms with Gasteiger partial charge in [0.1, 0.15) is 6.33 Å². The average Bonchev–Trinajstić information content (AvgIpc) is 2.78. The molecular formula is C12H17N5. The smallest absolute Gasteiger partial charge is 0.115 e. The molecule has 0 fully saturated rings. The Bertz CT molecular complexity index is 451. The highest BCUT2D eigenvalue weighted by Gasteiger charge is 2.16. The first-order valence-electron chi connectivity index (χ1n) is 5.77. The molecule has 0 amide bonds. The van der Waals surface area contributed by atoms with Crippen LogP contribution in [0.1, 0.15) is 30.6 Å². The Morgan fingerprint density at radius 3 is 2.59 bits per heavy atom. The van der Waals surface area contributed by atoms with Gasteiger partial charge in [-0.15, -0.1) is 0 Å². The zero-order valence-electron chi connectivity index (χ0n) is 10.2. The molecule has 0 spiro atoms. The highest BCUT2D eigenvalue weighted by molar-refractivity contribution is 5.22. The molecule has 1 N–H and O–H groups in total. The Balaban J connectivity index is 2.29. The lowest BCUT2D eigenvalue weighted by Crippen LogP contribution is -2.25. The second-order valence-corrected chi connectivity index (χ2v) is 3.99. The lowest BCUT2D eigenvalue weighted by molar-refractivity contribution is 0.566. The number of hydrogen-bond acceptors (Lipinski definition) is 4. The summed E-state index contributed by atoms with van der Waals surface area (Å²) in [5.41, 5.74) is 2.18. The van der Waals surface area contributed by atoms with Gasteiger partial charge >= 0.3 is 0 Å². The van der Waals surface area contributed by atoms with E-state index < -0.39 is 0 Å². The normalized spacial score (nSPS) is 12.6. The molecule has 2 aromatic rings. The predicted octanol–water partition coefficient (Wildman–Crippen LogP) is 1.30. The molecule has 0 aliphatic carbocycles. The van der Waals surface area contributed by atoms with Crippen LogP contribution in [-0.2, 0) is 7.05 Å². The first-order chi connectivity index (χ1) is 8.33. The second-order valence-electron chi connectivity index (χ2n) is 3.99. The van der Waals surface area contributed by atoms with E-state index in [1.54, 1.807) is 12.7 Å². The van der Waals surface area contributed by atoms with Crippen molar-refractivity contribution in [1.29, 1.82) is 0 Å². The summed E-state index contributed by atoms with van der Waals surface area (Å²) in [7, 11) is 1.99. The summed E-state index contributed by atoms with van der Waals surface area (Å²) in [6.07, 6.45) is 9.99. The number of nitrogens with zero attached hydrogens (tertiary/aromatic N) is 4. The van der Waals surface area contributed by atoms with Crippen molar-refractivity contribution in [3.63, 3.8) is 0 Å². The van der Waals surface area contributed by atoms with Crippen molar-refractivity contribution in [3.8, 4) is 0 Å². The highest BCUT2D eigenvalue weighted by atomic mass is 15.1. The molecule has 0 saturated heterocycles. The summed E-state index contributed by atoms with van der Waals surface area (Å²) in [5, 5.41) is 3.49. The van der Waals surface area contributed by atoms with Crippen LogP contribution in [0.3, 0.4) is 0 Å². The molecule has 5 nitrogen and oxygen atoms in total. The number of rotatable bonds is 5. The second kappa shape index (κ2) is 5.54. The lowest BCUT2D eigenvalue weighted by Gasteiger charge is -2.18. The summed E-state index contributed by atoms with van der Waals surface area (Å²) in [5.74, 6) is 0. The zero-order chi connectivity index (χ0) is 12.1. The third-order valence-electron chi connectivity index (χ3n) is 2.66. The van der Waals surface area contributed by atoms with E-state index in [9.17, 15) is 0 Å². The Morgan fingerprint density at radius 1 is 1.24 bits per heavy atom. The van der Waals surface area contributed by atoms with Gasteiger partial charge in [-0.05, 0) is 13.0 Å². The van der Waals surface area contributed by atoms with E-state index in [4.69, 9.17) is 0 Å². The molecule has 0 aliphatic heterocycles. The first-order valence-corrected chi connectivity index (χ1v) is 5.77. The quantitative estimate of drug-likeness (QED) is 0.842. The topological polar surface area (TPSA) is 55.6 Å². The van der Waals surface area contributed by atoms with Gasteiger partial charge in [0.25, 0.3) is 0 Å². The Hall–Kier alpha value is -1.75. The van der Waals surface area contributed by atoms with Gasteiger partial charge in [0.2, 0.25) is 0 Å². The van der Waals surface area contributed by atoms with Crippen molar-refractivity contribution in [1.82, 2.24) is 24.8 Å². The minimum absolute atomic E-state index is 0.101. The van der Waals surface area contributed by atoms with Crippen molar-refractivity contribution in [3.05, 3.63) is 42.5 Å². The van der Waals surface area contributed by atoms with E-state index in [2.05, 4.69) is 27.2 Å². The molecule has 1 atom stereocenters. The van der Waals surface area contributed by atoms with Crippen LogP contribution in [-0.4, -0.2) is 26.1 Å². The molecule has 17 heavy (non-hydrogen) atoms. The average molecular weight is 231 g/mol. The number of hydrogen-bond donors (Lipinski definition) is 1. The van der Waals surface area contributed by atoms with Crippen LogP contribution in [0.2, 0.25) is 0 Å². The van der Waals surface area contributed by atoms with Gasteiger partial charge in [-0.1, -0.05) is 6.92 Å². The van der Waals surface area contributed by atoms with Crippen molar-refractivity contribution in [2.45, 2.75) is 19.4 Å². The van der Waals surface area contributed by atoms with Crippen LogP contribution >= 0.6 is 0 Å². The summed E-state index contributed by atoms with van der Waals surface area (Å²) in [6, 6.07) is 0.101. The molecule has 90 valence electrons. The van der Waals surface area contributed by atoms with Gasteiger partial charge < -0.3 is 9.88 Å². The van der Waals surface area contributed by atoms with Crippen molar-refractivity contribution in [2.24, 2.45) is 7.05 Å². The molecule has 5 heteroatoms. The molecule has 1 unspecified atom stereocenters. The third kappa shape index (κ3) is 2.68. The zero-order valence-corrected chi connectivity index (χ0v) is 10.2. The van der Waals surface area contributed by atoms with Crippen molar-refractivity contribution in [2.75, 3.05) is 6.54 Å². The van der Waals surface area contributed by atoms with Crippen LogP contribution in [0.5, 0.6) is 0 Å². The van der Waals surface area contributed by atoms with E-state index >= 15 is 0 Å². The predicted molar refractivity (Wildman–Crippen MR) is 65.4 cm³/mol. The SMILES string of the molecule is CCCNC(c1cncnc1)c1cncn1C. The molecule has 0 saturated carbocycles. The summed E-state index contributed by atoms with van der Waals surface area (Å²) in [6.45, 7) is 3.10. The fraction of sp³-hybridized carbons (Fsp3) is 0.417. The van der Waals surface area contributed by atoms with Gasteiger partial charge in [0, 0.05) is 25.0 Å². The molecule has 0 radical (unpaired) electrons. The maximum atomic E-state index is 4.16. The van der Waals surface area contributed by atoms with E-state index in [0.717, 1.165) is 24.2 Å². The number of imidazole rings is 1. The molecule has 0 bridgehead atoms. The summed E-state index contributed by atoms with van der Waals surface area (Å²) in [4.78, 5) is 12.3. The van der Waals surface area contributed by atoms with Crippen LogP contribution in [0, 0.1) is 0 Å². The highest BCUT2D eigenvalue weighted by Crippen LogP contribution is 2.19. The van der Waals surface area contributed by atoms with Crippen LogP contribution in [0.15, 0.2) is 31.2 Å². The minimum Gasteiger partial charge on any atom is -0.336 e. The minimum atomic E-state index is 0.101. The van der Waals surface area contributed by atoms with Gasteiger partial charge in [-0.2, -0.15) is 0 Å². The monoisotopic (exact) mass is 231 g/mol. The summed E-state index contributed by atoms with van der Waals surface area (Å²) < 4.78 is 2.01. The fourth-order valence-electron chi connectivity index (χ4n) is 1.79. The molecule has 2 aromatic heterocycles. The summed E-state index contributed by atoms with van der Waals surface area (Å²) >= 11 is 0. The first kappa shape index (κ1) is 11.7. The standard InChI is InChI=1S/C12H17N5/c1-3-4-16-12(10-5-13-8-14-6-10)11-7-15-9-17(11)2/h5-9,12,16H,3-4H2,1-2H3. The van der Waals surface area contributed by atoms with E-state index in [1.807, 2.05) is 30.2 Å². The molecule has 0 aromatic carbocycles. The fourth-order valence-corrected chi connectivity index (χ4v) is 1.79. The van der Waals surface area contributed by atoms with Gasteiger partial charge in [0.15, 0.2) is 0 Å². The number of aryl methyl sites for hydroxylation is 1. The molecule has 2 rings (SSSR count). The van der Waals surface area contributed by atoms with Crippen LogP contribution in [0.4, 0.5) is 0 Å².